The first-order valence-electron chi connectivity index (χ1n) is 7.75. The predicted molar refractivity (Wildman–Crippen MR) is 95.1 cm³/mol. The third-order valence-corrected chi connectivity index (χ3v) is 3.89. The van der Waals surface area contributed by atoms with E-state index in [1.807, 2.05) is 42.5 Å². The molecule has 2 aromatic carbocycles. The lowest BCUT2D eigenvalue weighted by Crippen LogP contribution is -2.44. The molecule has 0 radical (unpaired) electrons. The van der Waals surface area contributed by atoms with Gasteiger partial charge in [0.2, 0.25) is 0 Å². The molecule has 2 aromatic rings. The molecule has 1 atom stereocenters. The maximum atomic E-state index is 5.88. The van der Waals surface area contributed by atoms with Gasteiger partial charge >= 0.3 is 0 Å². The van der Waals surface area contributed by atoms with E-state index in [1.165, 1.54) is 5.56 Å². The van der Waals surface area contributed by atoms with E-state index in [-0.39, 0.29) is 6.10 Å². The Morgan fingerprint density at radius 3 is 2.57 bits per heavy atom. The second kappa shape index (κ2) is 7.83. The maximum Gasteiger partial charge on any atom is 0.166 e. The van der Waals surface area contributed by atoms with Gasteiger partial charge in [-0.1, -0.05) is 42.5 Å². The van der Waals surface area contributed by atoms with Gasteiger partial charge in [-0.3, -0.25) is 0 Å². The predicted octanol–water partition coefficient (Wildman–Crippen LogP) is 2.53. The molecule has 1 heterocycles. The van der Waals surface area contributed by atoms with E-state index in [2.05, 4.69) is 22.8 Å². The number of hydrogen-bond acceptors (Lipinski definition) is 3. The van der Waals surface area contributed by atoms with Crippen molar-refractivity contribution >= 4 is 17.3 Å². The van der Waals surface area contributed by atoms with Gasteiger partial charge in [0.1, 0.15) is 12.7 Å². The fourth-order valence-electron chi connectivity index (χ4n) is 2.40. The summed E-state index contributed by atoms with van der Waals surface area (Å²) in [6.07, 6.45) is 0.901. The molecule has 0 saturated heterocycles. The monoisotopic (exact) mass is 328 g/mol. The second-order valence-corrected chi connectivity index (χ2v) is 5.78. The van der Waals surface area contributed by atoms with Crippen molar-refractivity contribution < 1.29 is 9.47 Å². The second-order valence-electron chi connectivity index (χ2n) is 5.37. The van der Waals surface area contributed by atoms with Crippen molar-refractivity contribution in [1.82, 2.24) is 10.6 Å². The van der Waals surface area contributed by atoms with Gasteiger partial charge in [-0.25, -0.2) is 0 Å². The van der Waals surface area contributed by atoms with Gasteiger partial charge in [-0.05, 0) is 36.3 Å². The highest BCUT2D eigenvalue weighted by Gasteiger charge is 2.20. The molecule has 0 aromatic heterocycles. The van der Waals surface area contributed by atoms with Gasteiger partial charge in [0.15, 0.2) is 16.6 Å². The summed E-state index contributed by atoms with van der Waals surface area (Å²) in [6.45, 7) is 1.95. The van der Waals surface area contributed by atoms with Crippen LogP contribution in [0.2, 0.25) is 0 Å². The van der Waals surface area contributed by atoms with Crippen molar-refractivity contribution in [2.45, 2.75) is 12.5 Å². The van der Waals surface area contributed by atoms with Crippen LogP contribution in [0.25, 0.3) is 0 Å². The van der Waals surface area contributed by atoms with Crippen LogP contribution in [-0.4, -0.2) is 30.9 Å². The van der Waals surface area contributed by atoms with Gasteiger partial charge in [-0.2, -0.15) is 0 Å². The Morgan fingerprint density at radius 2 is 1.74 bits per heavy atom. The van der Waals surface area contributed by atoms with Crippen molar-refractivity contribution in [1.29, 1.82) is 0 Å². The Labute approximate surface area is 141 Å². The van der Waals surface area contributed by atoms with Gasteiger partial charge in [0, 0.05) is 6.54 Å². The lowest BCUT2D eigenvalue weighted by Gasteiger charge is -2.27. The third-order valence-electron chi connectivity index (χ3n) is 3.60. The molecule has 2 N–H and O–H groups in total. The lowest BCUT2D eigenvalue weighted by molar-refractivity contribution is 0.0937. The molecule has 1 aliphatic rings. The zero-order chi connectivity index (χ0) is 15.9. The van der Waals surface area contributed by atoms with E-state index in [1.54, 1.807) is 0 Å². The number of ether oxygens (including phenoxy) is 2. The highest BCUT2D eigenvalue weighted by Crippen LogP contribution is 2.30. The van der Waals surface area contributed by atoms with E-state index in [0.717, 1.165) is 24.5 Å². The van der Waals surface area contributed by atoms with Crippen LogP contribution in [0.5, 0.6) is 11.5 Å². The minimum absolute atomic E-state index is 0.0428. The minimum Gasteiger partial charge on any atom is -0.486 e. The molecule has 0 spiro atoms. The lowest BCUT2D eigenvalue weighted by atomic mass is 10.1. The Kier molecular flexibility index (Phi) is 5.32. The molecule has 0 fully saturated rings. The number of benzene rings is 2. The molecule has 5 heteroatoms. The molecule has 23 heavy (non-hydrogen) atoms. The van der Waals surface area contributed by atoms with Crippen LogP contribution in [0.15, 0.2) is 54.6 Å². The minimum atomic E-state index is -0.0428. The van der Waals surface area contributed by atoms with E-state index >= 15 is 0 Å². The van der Waals surface area contributed by atoms with Crippen LogP contribution in [0.4, 0.5) is 0 Å². The molecule has 0 bridgehead atoms. The van der Waals surface area contributed by atoms with Crippen LogP contribution in [0.1, 0.15) is 5.56 Å². The van der Waals surface area contributed by atoms with Crippen molar-refractivity contribution in [3.63, 3.8) is 0 Å². The van der Waals surface area contributed by atoms with Crippen LogP contribution in [-0.2, 0) is 6.42 Å². The highest BCUT2D eigenvalue weighted by atomic mass is 32.1. The van der Waals surface area contributed by atoms with Crippen molar-refractivity contribution in [3.05, 3.63) is 60.2 Å². The van der Waals surface area contributed by atoms with E-state index in [4.69, 9.17) is 21.7 Å². The molecule has 120 valence electrons. The summed E-state index contributed by atoms with van der Waals surface area (Å²) in [5, 5.41) is 7.04. The topological polar surface area (TPSA) is 42.5 Å². The molecule has 4 nitrogen and oxygen atoms in total. The number of nitrogens with one attached hydrogen (secondary N) is 2. The first kappa shape index (κ1) is 15.6. The third kappa shape index (κ3) is 4.60. The van der Waals surface area contributed by atoms with Crippen molar-refractivity contribution in [3.8, 4) is 11.5 Å². The normalized spacial score (nSPS) is 15.7. The molecular weight excluding hydrogens is 308 g/mol. The summed E-state index contributed by atoms with van der Waals surface area (Å²) in [7, 11) is 0. The zero-order valence-corrected chi connectivity index (χ0v) is 13.6. The van der Waals surface area contributed by atoms with Gasteiger partial charge in [0.25, 0.3) is 0 Å². The van der Waals surface area contributed by atoms with E-state index in [9.17, 15) is 0 Å². The maximum absolute atomic E-state index is 5.88. The van der Waals surface area contributed by atoms with E-state index < -0.39 is 0 Å². The Hall–Kier alpha value is -2.27. The summed E-state index contributed by atoms with van der Waals surface area (Å²) in [4.78, 5) is 0. The van der Waals surface area contributed by atoms with Gasteiger partial charge in [-0.15, -0.1) is 0 Å². The van der Waals surface area contributed by atoms with Gasteiger partial charge in [0.05, 0.1) is 6.54 Å². The molecule has 0 saturated carbocycles. The summed E-state index contributed by atoms with van der Waals surface area (Å²) in [5.41, 5.74) is 1.29. The molecule has 3 rings (SSSR count). The zero-order valence-electron chi connectivity index (χ0n) is 12.8. The number of para-hydroxylation sites is 2. The molecule has 0 amide bonds. The molecule has 1 aliphatic heterocycles. The number of hydrogen-bond donors (Lipinski definition) is 2. The van der Waals surface area contributed by atoms with Crippen LogP contribution < -0.4 is 20.1 Å². The van der Waals surface area contributed by atoms with Crippen molar-refractivity contribution in [2.24, 2.45) is 0 Å². The van der Waals surface area contributed by atoms with Crippen LogP contribution >= 0.6 is 12.2 Å². The standard InChI is InChI=1S/C18H20N2O2S/c23-18(19-11-10-14-6-2-1-3-7-14)20-12-15-13-21-16-8-4-5-9-17(16)22-15/h1-9,15H,10-13H2,(H2,19,20,23)/t15-/m0/s1. The first-order valence-corrected chi connectivity index (χ1v) is 8.16. The fourth-order valence-corrected chi connectivity index (χ4v) is 2.58. The number of thiocarbonyl (C=S) groups is 1. The number of fused-ring (bicyclic) bond motifs is 1. The highest BCUT2D eigenvalue weighted by molar-refractivity contribution is 7.80. The SMILES string of the molecule is S=C(NCCc1ccccc1)NC[C@H]1COc2ccccc2O1. The van der Waals surface area contributed by atoms with Crippen LogP contribution in [0.3, 0.4) is 0 Å². The summed E-state index contributed by atoms with van der Waals surface area (Å²) in [6, 6.07) is 18.0. The average Bonchev–Trinajstić information content (AvgIpc) is 2.61. The Bertz CT molecular complexity index is 648. The molecule has 0 aliphatic carbocycles. The van der Waals surface area contributed by atoms with Crippen LogP contribution in [0, 0.1) is 0 Å². The summed E-state index contributed by atoms with van der Waals surface area (Å²) < 4.78 is 11.6. The first-order chi connectivity index (χ1) is 11.3. The summed E-state index contributed by atoms with van der Waals surface area (Å²) in [5.74, 6) is 1.58. The number of rotatable bonds is 5. The molecule has 0 unspecified atom stereocenters. The Balaban J connectivity index is 1.37. The average molecular weight is 328 g/mol. The summed E-state index contributed by atoms with van der Waals surface area (Å²) >= 11 is 5.30. The van der Waals surface area contributed by atoms with Gasteiger partial charge < -0.3 is 20.1 Å². The van der Waals surface area contributed by atoms with Crippen molar-refractivity contribution in [2.75, 3.05) is 19.7 Å². The van der Waals surface area contributed by atoms with E-state index in [0.29, 0.717) is 18.3 Å². The smallest absolute Gasteiger partial charge is 0.166 e. The fraction of sp³-hybridized carbons (Fsp3) is 0.278. The quantitative estimate of drug-likeness (QED) is 0.826. The Morgan fingerprint density at radius 1 is 1.00 bits per heavy atom. The molecular formula is C18H20N2O2S. The largest absolute Gasteiger partial charge is 0.486 e.